The molecule has 2 fully saturated rings. The maximum Gasteiger partial charge on any atom is 0.433 e. The van der Waals surface area contributed by atoms with Crippen molar-refractivity contribution in [3.63, 3.8) is 0 Å². The molecular formula is C28H32ClF3N2O3. The minimum Gasteiger partial charge on any atom is -0.487 e. The Morgan fingerprint density at radius 1 is 1.16 bits per heavy atom. The van der Waals surface area contributed by atoms with E-state index in [1.165, 1.54) is 6.07 Å². The first-order valence-corrected chi connectivity index (χ1v) is 13.4. The van der Waals surface area contributed by atoms with Gasteiger partial charge in [0.1, 0.15) is 17.0 Å². The molecule has 3 aliphatic rings. The third-order valence-corrected chi connectivity index (χ3v) is 8.85. The number of rotatable bonds is 6. The quantitative estimate of drug-likeness (QED) is 0.435. The average Bonchev–Trinajstić information content (AvgIpc) is 3.68. The summed E-state index contributed by atoms with van der Waals surface area (Å²) in [5.41, 5.74) is 1.15. The molecule has 1 aromatic carbocycles. The lowest BCUT2D eigenvalue weighted by Gasteiger charge is -2.46. The predicted octanol–water partition coefficient (Wildman–Crippen LogP) is 6.89. The second-order valence-corrected chi connectivity index (χ2v) is 11.3. The van der Waals surface area contributed by atoms with Crippen LogP contribution in [-0.2, 0) is 17.4 Å². The van der Waals surface area contributed by atoms with Crippen LogP contribution in [-0.4, -0.2) is 39.7 Å². The fourth-order valence-corrected chi connectivity index (χ4v) is 6.32. The van der Waals surface area contributed by atoms with Crippen LogP contribution in [0.5, 0.6) is 5.75 Å². The molecule has 0 radical (unpaired) electrons. The summed E-state index contributed by atoms with van der Waals surface area (Å²) in [4.78, 5) is 17.7. The number of likely N-dealkylation sites (tertiary alicyclic amines) is 1. The Labute approximate surface area is 220 Å². The van der Waals surface area contributed by atoms with Gasteiger partial charge in [-0.25, -0.2) is 4.98 Å². The van der Waals surface area contributed by atoms with Crippen LogP contribution in [0.2, 0.25) is 5.02 Å². The lowest BCUT2D eigenvalue weighted by molar-refractivity contribution is -0.142. The zero-order chi connectivity index (χ0) is 26.5. The highest BCUT2D eigenvalue weighted by Gasteiger charge is 2.43. The molecule has 200 valence electrons. The van der Waals surface area contributed by atoms with Crippen molar-refractivity contribution in [2.24, 2.45) is 11.8 Å². The first-order chi connectivity index (χ1) is 17.5. The number of ether oxygens (including phenoxy) is 1. The number of benzene rings is 1. The van der Waals surface area contributed by atoms with Crippen molar-refractivity contribution in [3.05, 3.63) is 57.9 Å². The van der Waals surface area contributed by atoms with Crippen molar-refractivity contribution in [1.82, 2.24) is 9.88 Å². The Balaban J connectivity index is 1.30. The minimum atomic E-state index is -4.52. The topological polar surface area (TPSA) is 62.7 Å². The first kappa shape index (κ1) is 26.3. The van der Waals surface area contributed by atoms with E-state index >= 15 is 0 Å². The van der Waals surface area contributed by atoms with Gasteiger partial charge in [-0.2, -0.15) is 13.2 Å². The molecule has 2 aromatic rings. The molecule has 0 bridgehead atoms. The smallest absolute Gasteiger partial charge is 0.433 e. The second kappa shape index (κ2) is 9.77. The summed E-state index contributed by atoms with van der Waals surface area (Å²) >= 11 is 6.25. The van der Waals surface area contributed by atoms with Gasteiger partial charge in [0.25, 0.3) is 0 Å². The summed E-state index contributed by atoms with van der Waals surface area (Å²) in [5.74, 6) is 0.00319. The number of carbonyl (C=O) groups is 1. The highest BCUT2D eigenvalue weighted by atomic mass is 35.5. The van der Waals surface area contributed by atoms with Crippen LogP contribution >= 0.6 is 11.6 Å². The lowest BCUT2D eigenvalue weighted by Crippen LogP contribution is -2.50. The molecule has 3 heterocycles. The van der Waals surface area contributed by atoms with E-state index in [0.717, 1.165) is 61.5 Å². The normalized spacial score (nSPS) is 22.1. The molecule has 1 saturated carbocycles. The molecule has 1 N–H and O–H groups in total. The molecule has 5 rings (SSSR count). The number of alkyl halides is 3. The molecule has 1 unspecified atom stereocenters. The number of piperidine rings is 1. The number of aromatic nitrogens is 1. The van der Waals surface area contributed by atoms with Crippen molar-refractivity contribution in [1.29, 1.82) is 0 Å². The maximum atomic E-state index is 13.2. The van der Waals surface area contributed by atoms with E-state index < -0.39 is 23.8 Å². The number of carboxylic acid groups (broad SMARTS) is 1. The zero-order valence-electron chi connectivity index (χ0n) is 21.0. The zero-order valence-corrected chi connectivity index (χ0v) is 21.8. The molecule has 1 spiro atoms. The van der Waals surface area contributed by atoms with Gasteiger partial charge in [0, 0.05) is 13.1 Å². The minimum absolute atomic E-state index is 0.0170. The Hall–Kier alpha value is -2.32. The van der Waals surface area contributed by atoms with Gasteiger partial charge in [-0.3, -0.25) is 9.69 Å². The van der Waals surface area contributed by atoms with E-state index in [1.807, 2.05) is 6.92 Å². The van der Waals surface area contributed by atoms with Crippen molar-refractivity contribution < 1.29 is 27.8 Å². The molecule has 5 nitrogen and oxygen atoms in total. The van der Waals surface area contributed by atoms with Gasteiger partial charge >= 0.3 is 12.1 Å². The first-order valence-electron chi connectivity index (χ1n) is 13.0. The van der Waals surface area contributed by atoms with Crippen LogP contribution in [0.25, 0.3) is 0 Å². The summed E-state index contributed by atoms with van der Waals surface area (Å²) < 4.78 is 46.3. The molecule has 1 aliphatic carbocycles. The summed E-state index contributed by atoms with van der Waals surface area (Å²) in [6, 6.07) is 8.04. The van der Waals surface area contributed by atoms with Crippen molar-refractivity contribution in [3.8, 4) is 5.75 Å². The van der Waals surface area contributed by atoms with Gasteiger partial charge in [-0.1, -0.05) is 30.7 Å². The molecule has 1 aromatic heterocycles. The maximum absolute atomic E-state index is 13.2. The number of nitrogens with zero attached hydrogens (tertiary/aromatic N) is 2. The van der Waals surface area contributed by atoms with E-state index in [2.05, 4.69) is 28.1 Å². The Morgan fingerprint density at radius 2 is 1.86 bits per heavy atom. The number of fused-ring (bicyclic) bond motifs is 1. The third-order valence-electron chi connectivity index (χ3n) is 8.53. The van der Waals surface area contributed by atoms with E-state index in [1.54, 1.807) is 6.92 Å². The van der Waals surface area contributed by atoms with Gasteiger partial charge in [-0.05, 0) is 86.6 Å². The fraction of sp³-hybridized carbons (Fsp3) is 0.571. The van der Waals surface area contributed by atoms with Crippen LogP contribution < -0.4 is 4.74 Å². The van der Waals surface area contributed by atoms with E-state index in [9.17, 15) is 23.1 Å². The van der Waals surface area contributed by atoms with Gasteiger partial charge < -0.3 is 9.84 Å². The van der Waals surface area contributed by atoms with Crippen LogP contribution in [0.4, 0.5) is 13.2 Å². The standard InChI is InChI=1S/C28H32ClF3N2O3/c1-16(26(35)36)24(19-4-5-19)20-6-3-18-9-10-27(37-22(18)15-20)11-13-34(14-12-27)17(2)25-21(29)7-8-23(33-25)28(30,31)32/h3,6-8,15-17,19,24H,4-5,9-14H2,1-2H3,(H,35,36)/t16-,17?,24-/m0/s1. The van der Waals surface area contributed by atoms with E-state index in [0.29, 0.717) is 19.0 Å². The van der Waals surface area contributed by atoms with E-state index in [4.69, 9.17) is 16.3 Å². The number of hydrogen-bond acceptors (Lipinski definition) is 4. The number of aliphatic carboxylic acids is 1. The second-order valence-electron chi connectivity index (χ2n) is 10.9. The SMILES string of the molecule is CC(c1nc(C(F)(F)F)ccc1Cl)N1CCC2(CCc3ccc([C@H](C4CC4)[C@H](C)C(=O)O)cc3O2)CC1. The number of pyridine rings is 1. The molecule has 0 amide bonds. The number of aryl methyl sites for hydroxylation is 1. The van der Waals surface area contributed by atoms with E-state index in [-0.39, 0.29) is 28.3 Å². The Bertz CT molecular complexity index is 1180. The van der Waals surface area contributed by atoms with Gasteiger partial charge in [0.15, 0.2) is 0 Å². The summed E-state index contributed by atoms with van der Waals surface area (Å²) in [5, 5.41) is 9.88. The number of halogens is 4. The van der Waals surface area contributed by atoms with Crippen LogP contribution in [0.3, 0.4) is 0 Å². The fourth-order valence-electron chi connectivity index (χ4n) is 6.06. The van der Waals surface area contributed by atoms with Gasteiger partial charge in [0.05, 0.1) is 22.7 Å². The Morgan fingerprint density at radius 3 is 2.49 bits per heavy atom. The van der Waals surface area contributed by atoms with Crippen LogP contribution in [0, 0.1) is 11.8 Å². The van der Waals surface area contributed by atoms with Gasteiger partial charge in [0.2, 0.25) is 0 Å². The lowest BCUT2D eigenvalue weighted by atomic mass is 9.80. The highest BCUT2D eigenvalue weighted by Crippen LogP contribution is 2.49. The van der Waals surface area contributed by atoms with Crippen molar-refractivity contribution in [2.45, 2.75) is 76.1 Å². The molecule has 1 saturated heterocycles. The molecule has 3 atom stereocenters. The molecule has 9 heteroatoms. The van der Waals surface area contributed by atoms with Crippen molar-refractivity contribution >= 4 is 17.6 Å². The third kappa shape index (κ3) is 5.32. The average molecular weight is 537 g/mol. The van der Waals surface area contributed by atoms with Crippen molar-refractivity contribution in [2.75, 3.05) is 13.1 Å². The molecule has 37 heavy (non-hydrogen) atoms. The number of hydrogen-bond donors (Lipinski definition) is 1. The largest absolute Gasteiger partial charge is 0.487 e. The van der Waals surface area contributed by atoms with Crippen LogP contribution in [0.15, 0.2) is 30.3 Å². The predicted molar refractivity (Wildman–Crippen MR) is 134 cm³/mol. The number of carboxylic acids is 1. The summed E-state index contributed by atoms with van der Waals surface area (Å²) in [7, 11) is 0. The summed E-state index contributed by atoms with van der Waals surface area (Å²) in [6.45, 7) is 4.95. The van der Waals surface area contributed by atoms with Crippen LogP contribution in [0.1, 0.15) is 80.4 Å². The molecule has 2 aliphatic heterocycles. The summed E-state index contributed by atoms with van der Waals surface area (Å²) in [6.07, 6.45) is 0.848. The Kier molecular flexibility index (Phi) is 6.94. The highest BCUT2D eigenvalue weighted by molar-refractivity contribution is 6.31. The molecular weight excluding hydrogens is 505 g/mol. The monoisotopic (exact) mass is 536 g/mol. The van der Waals surface area contributed by atoms with Gasteiger partial charge in [-0.15, -0.1) is 0 Å².